The van der Waals surface area contributed by atoms with E-state index in [1.54, 1.807) is 6.07 Å². The molecule has 1 aromatic heterocycles. The van der Waals surface area contributed by atoms with Crippen LogP contribution in [0.5, 0.6) is 0 Å². The smallest absolute Gasteiger partial charge is 0.268 e. The van der Waals surface area contributed by atoms with Crippen LogP contribution >= 0.6 is 11.6 Å². The number of hydrogen-bond acceptors (Lipinski definition) is 5. The number of para-hydroxylation sites is 1. The van der Waals surface area contributed by atoms with Gasteiger partial charge in [0.1, 0.15) is 10.7 Å². The largest absolute Gasteiger partial charge is 0.339 e. The Morgan fingerprint density at radius 3 is 2.59 bits per heavy atom. The van der Waals surface area contributed by atoms with E-state index in [-0.39, 0.29) is 21.7 Å². The van der Waals surface area contributed by atoms with Gasteiger partial charge in [-0.2, -0.15) is 4.98 Å². The molecule has 0 amide bonds. The number of anilines is 2. The predicted molar refractivity (Wildman–Crippen MR) is 78.0 cm³/mol. The summed E-state index contributed by atoms with van der Waals surface area (Å²) in [6.45, 7) is 0. The molecule has 0 saturated carbocycles. The second-order valence-electron chi connectivity index (χ2n) is 4.07. The fourth-order valence-corrected chi connectivity index (χ4v) is 2.69. The second-order valence-corrected chi connectivity index (χ2v) is 6.27. The molecule has 0 aliphatic heterocycles. The first-order valence-electron chi connectivity index (χ1n) is 5.95. The first-order chi connectivity index (χ1) is 10.3. The molecule has 0 fully saturated rings. The summed E-state index contributed by atoms with van der Waals surface area (Å²) >= 11 is 5.61. The van der Waals surface area contributed by atoms with Gasteiger partial charge < -0.3 is 5.32 Å². The molecule has 0 bridgehead atoms. The zero-order valence-electron chi connectivity index (χ0n) is 11.2. The third-order valence-corrected chi connectivity index (χ3v) is 4.38. The highest BCUT2D eigenvalue weighted by Crippen LogP contribution is 2.30. The van der Waals surface area contributed by atoms with Gasteiger partial charge >= 0.3 is 0 Å². The van der Waals surface area contributed by atoms with Crippen molar-refractivity contribution in [3.05, 3.63) is 41.3 Å². The molecule has 0 spiro atoms. The highest BCUT2D eigenvalue weighted by molar-refractivity contribution is 7.89. The molecule has 2 aromatic rings. The van der Waals surface area contributed by atoms with Crippen molar-refractivity contribution in [2.75, 3.05) is 12.4 Å². The third-order valence-electron chi connectivity index (χ3n) is 2.72. The maximum atomic E-state index is 13.0. The lowest BCUT2D eigenvalue weighted by Crippen LogP contribution is -2.19. The van der Waals surface area contributed by atoms with Crippen LogP contribution in [0, 0.1) is 0 Å². The maximum absolute atomic E-state index is 13.0. The monoisotopic (exact) mass is 348 g/mol. The summed E-state index contributed by atoms with van der Waals surface area (Å²) in [6.07, 6.45) is -1.95. The quantitative estimate of drug-likeness (QED) is 0.812. The van der Waals surface area contributed by atoms with Crippen molar-refractivity contribution < 1.29 is 17.2 Å². The normalized spacial score (nSPS) is 11.7. The van der Waals surface area contributed by atoms with Crippen LogP contribution in [0.3, 0.4) is 0 Å². The van der Waals surface area contributed by atoms with E-state index in [0.717, 1.165) is 6.20 Å². The Bertz CT molecular complexity index is 786. The maximum Gasteiger partial charge on any atom is 0.268 e. The molecule has 0 aliphatic rings. The van der Waals surface area contributed by atoms with Crippen LogP contribution in [0.25, 0.3) is 0 Å². The van der Waals surface area contributed by atoms with E-state index < -0.39 is 22.0 Å². The first-order valence-corrected chi connectivity index (χ1v) is 7.81. The van der Waals surface area contributed by atoms with Gasteiger partial charge in [-0.25, -0.2) is 26.9 Å². The SMILES string of the molecule is CNS(=O)(=O)c1ccccc1Nc1nc(Cl)ncc1C(F)F. The van der Waals surface area contributed by atoms with Crippen LogP contribution in [0.1, 0.15) is 12.0 Å². The number of sulfonamides is 1. The summed E-state index contributed by atoms with van der Waals surface area (Å²) in [5.41, 5.74) is -0.394. The Morgan fingerprint density at radius 2 is 1.95 bits per heavy atom. The van der Waals surface area contributed by atoms with E-state index in [1.807, 2.05) is 0 Å². The molecular weight excluding hydrogens is 338 g/mol. The molecule has 1 heterocycles. The zero-order chi connectivity index (χ0) is 16.3. The first kappa shape index (κ1) is 16.5. The van der Waals surface area contributed by atoms with E-state index in [1.165, 1.54) is 25.2 Å². The topological polar surface area (TPSA) is 84.0 Å². The van der Waals surface area contributed by atoms with Gasteiger partial charge in [0, 0.05) is 6.20 Å². The van der Waals surface area contributed by atoms with E-state index in [9.17, 15) is 17.2 Å². The fourth-order valence-electron chi connectivity index (χ4n) is 1.67. The Labute approximate surface area is 130 Å². The number of nitrogens with zero attached hydrogens (tertiary/aromatic N) is 2. The summed E-state index contributed by atoms with van der Waals surface area (Å²) in [5.74, 6) is -0.256. The van der Waals surface area contributed by atoms with Gasteiger partial charge in [-0.1, -0.05) is 12.1 Å². The predicted octanol–water partition coefficient (Wildman–Crippen LogP) is 2.72. The lowest BCUT2D eigenvalue weighted by molar-refractivity contribution is 0.151. The Kier molecular flexibility index (Phi) is 4.89. The van der Waals surface area contributed by atoms with Crippen molar-refractivity contribution in [3.8, 4) is 0 Å². The minimum atomic E-state index is -3.77. The molecule has 2 N–H and O–H groups in total. The van der Waals surface area contributed by atoms with Crippen LogP contribution in [0.4, 0.5) is 20.3 Å². The summed E-state index contributed by atoms with van der Waals surface area (Å²) in [6, 6.07) is 5.83. The van der Waals surface area contributed by atoms with E-state index in [0.29, 0.717) is 0 Å². The van der Waals surface area contributed by atoms with Crippen molar-refractivity contribution in [3.63, 3.8) is 0 Å². The average Bonchev–Trinajstić information content (AvgIpc) is 2.47. The van der Waals surface area contributed by atoms with Gasteiger partial charge in [0.25, 0.3) is 6.43 Å². The van der Waals surface area contributed by atoms with Crippen molar-refractivity contribution in [1.82, 2.24) is 14.7 Å². The highest BCUT2D eigenvalue weighted by atomic mass is 35.5. The molecule has 2 rings (SSSR count). The average molecular weight is 349 g/mol. The molecule has 0 saturated heterocycles. The number of alkyl halides is 2. The van der Waals surface area contributed by atoms with Crippen molar-refractivity contribution in [1.29, 1.82) is 0 Å². The van der Waals surface area contributed by atoms with Crippen molar-refractivity contribution in [2.24, 2.45) is 0 Å². The number of benzene rings is 1. The minimum Gasteiger partial charge on any atom is -0.339 e. The molecule has 0 aliphatic carbocycles. The molecular formula is C12H11ClF2N4O2S. The number of aromatic nitrogens is 2. The number of hydrogen-bond donors (Lipinski definition) is 2. The van der Waals surface area contributed by atoms with Gasteiger partial charge in [0.15, 0.2) is 0 Å². The molecule has 22 heavy (non-hydrogen) atoms. The standard InChI is InChI=1S/C12H11ClF2N4O2S/c1-16-22(20,21)9-5-3-2-4-8(9)18-11-7(10(14)15)6-17-12(13)19-11/h2-6,10,16H,1H3,(H,17,18,19). The van der Waals surface area contributed by atoms with Crippen LogP contribution in [-0.4, -0.2) is 25.4 Å². The van der Waals surface area contributed by atoms with Gasteiger partial charge in [-0.05, 0) is 30.8 Å². The highest BCUT2D eigenvalue weighted by Gasteiger charge is 2.20. The van der Waals surface area contributed by atoms with Gasteiger partial charge in [0.05, 0.1) is 11.3 Å². The van der Waals surface area contributed by atoms with E-state index in [2.05, 4.69) is 20.0 Å². The van der Waals surface area contributed by atoms with Gasteiger partial charge in [0.2, 0.25) is 15.3 Å². The van der Waals surface area contributed by atoms with Gasteiger partial charge in [-0.3, -0.25) is 0 Å². The molecule has 1 aromatic carbocycles. The zero-order valence-corrected chi connectivity index (χ0v) is 12.8. The summed E-state index contributed by atoms with van der Waals surface area (Å²) < 4.78 is 52.0. The van der Waals surface area contributed by atoms with E-state index >= 15 is 0 Å². The Morgan fingerprint density at radius 1 is 1.27 bits per heavy atom. The summed E-state index contributed by atoms with van der Waals surface area (Å²) in [5, 5.41) is 2.33. The molecule has 0 radical (unpaired) electrons. The fraction of sp³-hybridized carbons (Fsp3) is 0.167. The third kappa shape index (κ3) is 3.49. The van der Waals surface area contributed by atoms with E-state index in [4.69, 9.17) is 11.6 Å². The van der Waals surface area contributed by atoms with Crippen molar-refractivity contribution >= 4 is 33.1 Å². The minimum absolute atomic E-state index is 0.0912. The van der Waals surface area contributed by atoms with Gasteiger partial charge in [-0.15, -0.1) is 0 Å². The summed E-state index contributed by atoms with van der Waals surface area (Å²) in [4.78, 5) is 7.08. The molecule has 10 heteroatoms. The van der Waals surface area contributed by atoms with Crippen LogP contribution in [-0.2, 0) is 10.0 Å². The lowest BCUT2D eigenvalue weighted by Gasteiger charge is -2.13. The van der Waals surface area contributed by atoms with Crippen LogP contribution in [0.15, 0.2) is 35.4 Å². The summed E-state index contributed by atoms with van der Waals surface area (Å²) in [7, 11) is -2.52. The molecule has 118 valence electrons. The Hall–Kier alpha value is -1.84. The number of rotatable bonds is 5. The lowest BCUT2D eigenvalue weighted by atomic mass is 10.3. The molecule has 0 unspecified atom stereocenters. The molecule has 0 atom stereocenters. The Balaban J connectivity index is 2.51. The number of nitrogens with one attached hydrogen (secondary N) is 2. The van der Waals surface area contributed by atoms with Crippen LogP contribution in [0.2, 0.25) is 5.28 Å². The van der Waals surface area contributed by atoms with Crippen molar-refractivity contribution in [2.45, 2.75) is 11.3 Å². The second kappa shape index (κ2) is 6.51. The van der Waals surface area contributed by atoms with Crippen LogP contribution < -0.4 is 10.0 Å². The number of halogens is 3. The molecule has 6 nitrogen and oxygen atoms in total.